The van der Waals surface area contributed by atoms with E-state index in [2.05, 4.69) is 37.4 Å². The summed E-state index contributed by atoms with van der Waals surface area (Å²) in [6, 6.07) is 18.5. The van der Waals surface area contributed by atoms with Crippen molar-refractivity contribution in [1.82, 2.24) is 5.32 Å². The molecule has 0 saturated heterocycles. The highest BCUT2D eigenvalue weighted by Crippen LogP contribution is 2.25. The molecule has 0 fully saturated rings. The Morgan fingerprint density at radius 1 is 0.947 bits per heavy atom. The van der Waals surface area contributed by atoms with E-state index in [0.717, 1.165) is 28.7 Å². The van der Waals surface area contributed by atoms with E-state index in [9.17, 15) is 19.5 Å². The summed E-state index contributed by atoms with van der Waals surface area (Å²) in [5.74, 6) is -0.279. The van der Waals surface area contributed by atoms with Crippen molar-refractivity contribution < 1.29 is 24.2 Å². The Morgan fingerprint density at radius 2 is 1.66 bits per heavy atom. The average molecular weight is 516 g/mol. The Kier molecular flexibility index (Phi) is 9.83. The molecule has 0 spiro atoms. The van der Waals surface area contributed by atoms with Gasteiger partial charge in [0.05, 0.1) is 6.04 Å². The second kappa shape index (κ2) is 13.0. The van der Waals surface area contributed by atoms with Gasteiger partial charge in [-0.2, -0.15) is 0 Å². The Bertz CT molecular complexity index is 1290. The van der Waals surface area contributed by atoms with E-state index in [1.165, 1.54) is 6.92 Å². The van der Waals surface area contributed by atoms with Gasteiger partial charge >= 0.3 is 5.97 Å². The number of carboxylic acids is 1. The van der Waals surface area contributed by atoms with Crippen LogP contribution in [0.3, 0.4) is 0 Å². The Balaban J connectivity index is 1.88. The van der Waals surface area contributed by atoms with Gasteiger partial charge in [0.2, 0.25) is 0 Å². The van der Waals surface area contributed by atoms with Gasteiger partial charge in [-0.3, -0.25) is 14.4 Å². The molecule has 0 bridgehead atoms. The van der Waals surface area contributed by atoms with Crippen LogP contribution < -0.4 is 10.1 Å². The third-order valence-electron chi connectivity index (χ3n) is 6.33. The summed E-state index contributed by atoms with van der Waals surface area (Å²) in [4.78, 5) is 36.6. The molecule has 2 N–H and O–H groups in total. The number of hydrogen-bond donors (Lipinski definition) is 2. The van der Waals surface area contributed by atoms with E-state index >= 15 is 0 Å². The van der Waals surface area contributed by atoms with E-state index in [1.54, 1.807) is 36.4 Å². The summed E-state index contributed by atoms with van der Waals surface area (Å²) in [6.07, 6.45) is 0.952. The largest absolute Gasteiger partial charge is 0.489 e. The zero-order valence-corrected chi connectivity index (χ0v) is 22.8. The summed E-state index contributed by atoms with van der Waals surface area (Å²) in [5, 5.41) is 12.5. The summed E-state index contributed by atoms with van der Waals surface area (Å²) in [5.41, 5.74) is 5.79. The van der Waals surface area contributed by atoms with Gasteiger partial charge < -0.3 is 15.2 Å². The second-order valence-corrected chi connectivity index (χ2v) is 10.3. The summed E-state index contributed by atoms with van der Waals surface area (Å²) in [7, 11) is 0. The molecule has 3 aromatic carbocycles. The third-order valence-corrected chi connectivity index (χ3v) is 6.33. The zero-order valence-electron chi connectivity index (χ0n) is 22.8. The van der Waals surface area contributed by atoms with E-state index in [-0.39, 0.29) is 37.2 Å². The summed E-state index contributed by atoms with van der Waals surface area (Å²) < 4.78 is 5.91. The molecule has 1 unspecified atom stereocenters. The van der Waals surface area contributed by atoms with Gasteiger partial charge in [-0.15, -0.1) is 0 Å². The third kappa shape index (κ3) is 8.30. The van der Waals surface area contributed by atoms with Crippen molar-refractivity contribution >= 4 is 17.7 Å². The molecule has 0 radical (unpaired) electrons. The minimum Gasteiger partial charge on any atom is -0.489 e. The number of amides is 1. The number of hydrogen-bond acceptors (Lipinski definition) is 4. The molecular formula is C32H37NO5. The van der Waals surface area contributed by atoms with Crippen LogP contribution in [0.25, 0.3) is 0 Å². The number of aliphatic carboxylic acids is 1. The number of carboxylic acid groups (broad SMARTS) is 1. The van der Waals surface area contributed by atoms with Gasteiger partial charge in [-0.05, 0) is 74.4 Å². The first kappa shape index (κ1) is 28.6. The van der Waals surface area contributed by atoms with Crippen LogP contribution >= 0.6 is 0 Å². The second-order valence-electron chi connectivity index (χ2n) is 10.3. The lowest BCUT2D eigenvalue weighted by Gasteiger charge is -2.23. The molecule has 200 valence electrons. The first-order chi connectivity index (χ1) is 18.0. The van der Waals surface area contributed by atoms with Crippen molar-refractivity contribution in [3.8, 4) is 5.75 Å². The maximum Gasteiger partial charge on any atom is 0.303 e. The topological polar surface area (TPSA) is 92.7 Å². The molecule has 6 nitrogen and oxygen atoms in total. The van der Waals surface area contributed by atoms with Gasteiger partial charge in [0.1, 0.15) is 12.4 Å². The molecule has 1 amide bonds. The monoisotopic (exact) mass is 515 g/mol. The number of carbonyl (C=O) groups is 3. The molecule has 38 heavy (non-hydrogen) atoms. The number of aryl methyl sites for hydroxylation is 3. The fraction of sp³-hybridized carbons (Fsp3) is 0.344. The van der Waals surface area contributed by atoms with Gasteiger partial charge in [0, 0.05) is 17.5 Å². The lowest BCUT2D eigenvalue weighted by molar-refractivity contribution is -0.136. The maximum absolute atomic E-state index is 13.7. The van der Waals surface area contributed by atoms with E-state index in [0.29, 0.717) is 28.4 Å². The molecule has 0 heterocycles. The van der Waals surface area contributed by atoms with Crippen LogP contribution in [0.2, 0.25) is 0 Å². The van der Waals surface area contributed by atoms with Crippen molar-refractivity contribution in [2.24, 2.45) is 5.92 Å². The molecule has 0 aliphatic heterocycles. The van der Waals surface area contributed by atoms with Crippen LogP contribution in [0.1, 0.15) is 88.2 Å². The first-order valence-corrected chi connectivity index (χ1v) is 13.0. The lowest BCUT2D eigenvalue weighted by atomic mass is 9.93. The number of ketones is 1. The van der Waals surface area contributed by atoms with Crippen LogP contribution in [0.15, 0.2) is 60.7 Å². The molecular weight excluding hydrogens is 478 g/mol. The summed E-state index contributed by atoms with van der Waals surface area (Å²) in [6.45, 7) is 10.0. The van der Waals surface area contributed by atoms with Crippen LogP contribution in [0.4, 0.5) is 0 Å². The van der Waals surface area contributed by atoms with Crippen molar-refractivity contribution in [3.05, 3.63) is 99.6 Å². The number of rotatable bonds is 12. The van der Waals surface area contributed by atoms with Gasteiger partial charge in [-0.25, -0.2) is 0 Å². The van der Waals surface area contributed by atoms with Gasteiger partial charge in [0.25, 0.3) is 5.91 Å². The normalized spacial score (nSPS) is 11.7. The molecule has 3 rings (SSSR count). The molecule has 1 atom stereocenters. The molecule has 6 heteroatoms. The van der Waals surface area contributed by atoms with Crippen LogP contribution in [0.5, 0.6) is 5.75 Å². The highest BCUT2D eigenvalue weighted by molar-refractivity contribution is 5.96. The average Bonchev–Trinajstić information content (AvgIpc) is 2.85. The minimum atomic E-state index is -0.915. The Morgan fingerprint density at radius 3 is 2.29 bits per heavy atom. The van der Waals surface area contributed by atoms with Crippen LogP contribution in [-0.4, -0.2) is 22.8 Å². The number of nitrogens with one attached hydrogen (secondary N) is 1. The van der Waals surface area contributed by atoms with Crippen LogP contribution in [0, 0.1) is 19.8 Å². The molecule has 0 saturated carbocycles. The molecule has 0 aromatic heterocycles. The number of Topliss-reactive ketones (excluding diaryl/α,β-unsaturated/α-hetero) is 1. The lowest BCUT2D eigenvalue weighted by Crippen LogP contribution is -2.30. The van der Waals surface area contributed by atoms with Crippen molar-refractivity contribution in [1.29, 1.82) is 0 Å². The Hall–Kier alpha value is -3.93. The van der Waals surface area contributed by atoms with Crippen molar-refractivity contribution in [2.75, 3.05) is 0 Å². The van der Waals surface area contributed by atoms with Gasteiger partial charge in [0.15, 0.2) is 5.78 Å². The zero-order chi connectivity index (χ0) is 27.8. The predicted molar refractivity (Wildman–Crippen MR) is 149 cm³/mol. The Labute approximate surface area is 225 Å². The highest BCUT2D eigenvalue weighted by Gasteiger charge is 2.21. The van der Waals surface area contributed by atoms with Crippen molar-refractivity contribution in [3.63, 3.8) is 0 Å². The summed E-state index contributed by atoms with van der Waals surface area (Å²) >= 11 is 0. The van der Waals surface area contributed by atoms with E-state index < -0.39 is 5.97 Å². The van der Waals surface area contributed by atoms with E-state index in [1.807, 2.05) is 19.9 Å². The fourth-order valence-corrected chi connectivity index (χ4v) is 4.55. The molecule has 0 aliphatic rings. The highest BCUT2D eigenvalue weighted by atomic mass is 16.5. The number of ether oxygens (including phenoxy) is 1. The van der Waals surface area contributed by atoms with Crippen molar-refractivity contribution in [2.45, 2.75) is 66.5 Å². The number of benzene rings is 3. The SMILES string of the molecule is CC(=O)c1cccc(OCc2ccc(CCC(=O)O)c(C(=O)NC(CC(C)C)c3cc(C)cc(C)c3)c2)c1. The predicted octanol–water partition coefficient (Wildman–Crippen LogP) is 6.62. The van der Waals surface area contributed by atoms with E-state index in [4.69, 9.17) is 4.74 Å². The van der Waals surface area contributed by atoms with Crippen LogP contribution in [-0.2, 0) is 17.8 Å². The molecule has 3 aromatic rings. The fourth-order valence-electron chi connectivity index (χ4n) is 4.55. The molecule has 0 aliphatic carbocycles. The quantitative estimate of drug-likeness (QED) is 0.265. The van der Waals surface area contributed by atoms with Gasteiger partial charge in [-0.1, -0.05) is 67.4 Å². The maximum atomic E-state index is 13.7. The number of carbonyl (C=O) groups excluding carboxylic acids is 2. The standard InChI is InChI=1S/C32H37NO5/c1-20(2)13-30(27-15-21(3)14-22(4)16-27)33-32(37)29-17-24(9-10-25(29)11-12-31(35)36)19-38-28-8-6-7-26(18-28)23(5)34/h6-10,14-18,20,30H,11-13,19H2,1-5H3,(H,33,37)(H,35,36). The smallest absolute Gasteiger partial charge is 0.303 e. The first-order valence-electron chi connectivity index (χ1n) is 13.0. The minimum absolute atomic E-state index is 0.0445.